The molecule has 1 amide bonds. The number of nitrogens with two attached hydrogens (primary N) is 1. The number of carbonyl (C=O) groups is 1. The molecule has 1 aromatic carbocycles. The predicted octanol–water partition coefficient (Wildman–Crippen LogP) is 1.51. The summed E-state index contributed by atoms with van der Waals surface area (Å²) in [5.41, 5.74) is 7.75. The highest BCUT2D eigenvalue weighted by molar-refractivity contribution is 9.10. The van der Waals surface area contributed by atoms with E-state index in [0.29, 0.717) is 19.7 Å². The second kappa shape index (κ2) is 6.34. The summed E-state index contributed by atoms with van der Waals surface area (Å²) in [6, 6.07) is 4.06. The fraction of sp³-hybridized carbons (Fsp3) is 0.533. The van der Waals surface area contributed by atoms with Crippen molar-refractivity contribution in [3.05, 3.63) is 27.7 Å². The van der Waals surface area contributed by atoms with Crippen molar-refractivity contribution in [2.75, 3.05) is 13.2 Å². The van der Waals surface area contributed by atoms with E-state index in [1.54, 1.807) is 0 Å². The first-order valence-corrected chi connectivity index (χ1v) is 8.04. The molecule has 3 N–H and O–H groups in total. The number of benzene rings is 1. The monoisotopic (exact) mass is 354 g/mol. The molecule has 0 spiro atoms. The largest absolute Gasteiger partial charge is 0.493 e. The molecule has 0 bridgehead atoms. The third kappa shape index (κ3) is 3.22. The van der Waals surface area contributed by atoms with Crippen LogP contribution in [0.1, 0.15) is 24.0 Å². The molecule has 0 saturated carbocycles. The highest BCUT2D eigenvalue weighted by Gasteiger charge is 2.30. The van der Waals surface area contributed by atoms with Crippen LogP contribution in [0.3, 0.4) is 0 Å². The number of hydrogen-bond acceptors (Lipinski definition) is 4. The van der Waals surface area contributed by atoms with Gasteiger partial charge in [-0.1, -0.05) is 15.9 Å². The van der Waals surface area contributed by atoms with Gasteiger partial charge in [0.15, 0.2) is 0 Å². The molecule has 2 unspecified atom stereocenters. The number of ether oxygens (including phenoxy) is 2. The van der Waals surface area contributed by atoms with E-state index >= 15 is 0 Å². The van der Waals surface area contributed by atoms with Gasteiger partial charge >= 0.3 is 0 Å². The molecule has 0 radical (unpaired) electrons. The van der Waals surface area contributed by atoms with Gasteiger partial charge in [0, 0.05) is 29.5 Å². The Morgan fingerprint density at radius 3 is 3.05 bits per heavy atom. The molecule has 1 aromatic rings. The molecule has 6 heteroatoms. The Balaban J connectivity index is 1.62. The van der Waals surface area contributed by atoms with Crippen LogP contribution in [0.5, 0.6) is 5.75 Å². The first kappa shape index (κ1) is 14.8. The maximum absolute atomic E-state index is 12.1. The molecular weight excluding hydrogens is 336 g/mol. The smallest absolute Gasteiger partial charge is 0.249 e. The van der Waals surface area contributed by atoms with Crippen LogP contribution in [0.15, 0.2) is 16.6 Å². The highest BCUT2D eigenvalue weighted by atomic mass is 79.9. The molecule has 1 fully saturated rings. The van der Waals surface area contributed by atoms with Gasteiger partial charge in [0.05, 0.1) is 12.7 Å². The van der Waals surface area contributed by atoms with E-state index in [4.69, 9.17) is 15.2 Å². The summed E-state index contributed by atoms with van der Waals surface area (Å²) < 4.78 is 12.3. The van der Waals surface area contributed by atoms with Gasteiger partial charge in [0.25, 0.3) is 0 Å². The summed E-state index contributed by atoms with van der Waals surface area (Å²) in [7, 11) is 0. The fourth-order valence-corrected chi connectivity index (χ4v) is 3.40. The highest BCUT2D eigenvalue weighted by Crippen LogP contribution is 2.33. The lowest BCUT2D eigenvalue weighted by atomic mass is 10.1. The first-order chi connectivity index (χ1) is 10.2. The summed E-state index contributed by atoms with van der Waals surface area (Å²) in [5, 5.41) is 2.94. The number of fused-ring (bicyclic) bond motifs is 1. The quantitative estimate of drug-likeness (QED) is 0.859. The fourth-order valence-electron chi connectivity index (χ4n) is 2.85. The Bertz CT molecular complexity index is 550. The van der Waals surface area contributed by atoms with Gasteiger partial charge < -0.3 is 20.5 Å². The number of carbonyl (C=O) groups excluding carboxylic acids is 1. The third-order valence-electron chi connectivity index (χ3n) is 3.94. The SMILES string of the molecule is NCC1CCC(C(=O)NCc2cc(Br)cc3c2OCC3)O1. The molecule has 3 rings (SSSR count). The minimum atomic E-state index is -0.375. The Labute approximate surface area is 132 Å². The lowest BCUT2D eigenvalue weighted by molar-refractivity contribution is -0.132. The van der Waals surface area contributed by atoms with Crippen LogP contribution in [-0.2, 0) is 22.5 Å². The van der Waals surface area contributed by atoms with Gasteiger partial charge in [-0.15, -0.1) is 0 Å². The van der Waals surface area contributed by atoms with Crippen LogP contribution in [-0.4, -0.2) is 31.3 Å². The molecule has 2 aliphatic heterocycles. The standard InChI is InChI=1S/C15H19BrN2O3/c16-11-5-9-3-4-20-14(9)10(6-11)8-18-15(19)13-2-1-12(7-17)21-13/h5-6,12-13H,1-4,7-8,17H2,(H,18,19). The maximum Gasteiger partial charge on any atom is 0.249 e. The molecule has 1 saturated heterocycles. The topological polar surface area (TPSA) is 73.6 Å². The molecule has 5 nitrogen and oxygen atoms in total. The number of hydrogen-bond donors (Lipinski definition) is 2. The van der Waals surface area contributed by atoms with Crippen LogP contribution in [0, 0.1) is 0 Å². The van der Waals surface area contributed by atoms with Crippen molar-refractivity contribution in [1.82, 2.24) is 5.32 Å². The number of rotatable bonds is 4. The Hall–Kier alpha value is -1.11. The molecule has 2 heterocycles. The average molecular weight is 355 g/mol. The Morgan fingerprint density at radius 2 is 2.29 bits per heavy atom. The van der Waals surface area contributed by atoms with Crippen LogP contribution in [0.4, 0.5) is 0 Å². The van der Waals surface area contributed by atoms with Crippen LogP contribution in [0.25, 0.3) is 0 Å². The van der Waals surface area contributed by atoms with E-state index in [9.17, 15) is 4.79 Å². The van der Waals surface area contributed by atoms with E-state index in [0.717, 1.165) is 35.0 Å². The molecule has 0 aliphatic carbocycles. The van der Waals surface area contributed by atoms with Crippen LogP contribution < -0.4 is 15.8 Å². The second-order valence-corrected chi connectivity index (χ2v) is 6.34. The third-order valence-corrected chi connectivity index (χ3v) is 4.40. The van der Waals surface area contributed by atoms with Gasteiger partial charge in [-0.25, -0.2) is 0 Å². The molecule has 0 aromatic heterocycles. The zero-order valence-electron chi connectivity index (χ0n) is 11.7. The van der Waals surface area contributed by atoms with Crippen molar-refractivity contribution in [2.45, 2.75) is 38.0 Å². The molecule has 21 heavy (non-hydrogen) atoms. The van der Waals surface area contributed by atoms with Gasteiger partial charge in [0.1, 0.15) is 11.9 Å². The molecule has 2 atom stereocenters. The summed E-state index contributed by atoms with van der Waals surface area (Å²) in [4.78, 5) is 12.1. The van der Waals surface area contributed by atoms with E-state index < -0.39 is 0 Å². The van der Waals surface area contributed by atoms with Crippen molar-refractivity contribution < 1.29 is 14.3 Å². The van der Waals surface area contributed by atoms with E-state index in [1.807, 2.05) is 6.07 Å². The summed E-state index contributed by atoms with van der Waals surface area (Å²) in [6.07, 6.45) is 2.14. The number of nitrogens with one attached hydrogen (secondary N) is 1. The van der Waals surface area contributed by atoms with Gasteiger partial charge in [-0.2, -0.15) is 0 Å². The van der Waals surface area contributed by atoms with Crippen LogP contribution >= 0.6 is 15.9 Å². The van der Waals surface area contributed by atoms with Gasteiger partial charge in [0.2, 0.25) is 5.91 Å². The van der Waals surface area contributed by atoms with Crippen molar-refractivity contribution >= 4 is 21.8 Å². The Kier molecular flexibility index (Phi) is 4.47. The molecule has 2 aliphatic rings. The second-order valence-electron chi connectivity index (χ2n) is 5.43. The molecule has 114 valence electrons. The summed E-state index contributed by atoms with van der Waals surface area (Å²) in [6.45, 7) is 1.63. The molecular formula is C15H19BrN2O3. The normalized spacial score (nSPS) is 23.7. The maximum atomic E-state index is 12.1. The van der Waals surface area contributed by atoms with E-state index in [1.165, 1.54) is 5.56 Å². The predicted molar refractivity (Wildman–Crippen MR) is 82.1 cm³/mol. The van der Waals surface area contributed by atoms with Crippen molar-refractivity contribution in [3.8, 4) is 5.75 Å². The summed E-state index contributed by atoms with van der Waals surface area (Å²) >= 11 is 3.50. The lowest BCUT2D eigenvalue weighted by Crippen LogP contribution is -2.35. The zero-order valence-corrected chi connectivity index (χ0v) is 13.3. The van der Waals surface area contributed by atoms with Gasteiger partial charge in [-0.3, -0.25) is 4.79 Å². The minimum Gasteiger partial charge on any atom is -0.493 e. The lowest BCUT2D eigenvalue weighted by Gasteiger charge is -2.14. The number of amides is 1. The first-order valence-electron chi connectivity index (χ1n) is 7.24. The number of halogens is 1. The van der Waals surface area contributed by atoms with Crippen molar-refractivity contribution in [2.24, 2.45) is 5.73 Å². The summed E-state index contributed by atoms with van der Waals surface area (Å²) in [5.74, 6) is 0.836. The Morgan fingerprint density at radius 1 is 1.43 bits per heavy atom. The van der Waals surface area contributed by atoms with Crippen molar-refractivity contribution in [3.63, 3.8) is 0 Å². The van der Waals surface area contributed by atoms with Crippen LogP contribution in [0.2, 0.25) is 0 Å². The van der Waals surface area contributed by atoms with E-state index in [-0.39, 0.29) is 18.1 Å². The van der Waals surface area contributed by atoms with E-state index in [2.05, 4.69) is 27.3 Å². The minimum absolute atomic E-state index is 0.0131. The van der Waals surface area contributed by atoms with Gasteiger partial charge in [-0.05, 0) is 30.5 Å². The average Bonchev–Trinajstić information content (AvgIpc) is 3.12. The van der Waals surface area contributed by atoms with Crippen molar-refractivity contribution in [1.29, 1.82) is 0 Å². The zero-order chi connectivity index (χ0) is 14.8.